The van der Waals surface area contributed by atoms with Crippen LogP contribution in [0, 0.1) is 0 Å². The molecule has 3 aromatic rings. The summed E-state index contributed by atoms with van der Waals surface area (Å²) in [6.07, 6.45) is -0.587. The summed E-state index contributed by atoms with van der Waals surface area (Å²) >= 11 is 5.91. The van der Waals surface area contributed by atoms with E-state index in [0.717, 1.165) is 31.9 Å². The molecule has 0 aliphatic carbocycles. The van der Waals surface area contributed by atoms with Crippen LogP contribution in [0.25, 0.3) is 0 Å². The zero-order valence-corrected chi connectivity index (χ0v) is 21.8. The minimum absolute atomic E-state index is 0.0590. The molecule has 2 unspecified atom stereocenters. The number of nitrogens with one attached hydrogen (secondary N) is 1. The highest BCUT2D eigenvalue weighted by molar-refractivity contribution is 6.30. The lowest BCUT2D eigenvalue weighted by Crippen LogP contribution is -2.51. The van der Waals surface area contributed by atoms with Gasteiger partial charge >= 0.3 is 0 Å². The van der Waals surface area contributed by atoms with Crippen molar-refractivity contribution in [3.63, 3.8) is 0 Å². The Morgan fingerprint density at radius 2 is 1.59 bits per heavy atom. The molecule has 37 heavy (non-hydrogen) atoms. The molecule has 4 rings (SSSR count). The first-order valence-corrected chi connectivity index (χ1v) is 12.9. The van der Waals surface area contributed by atoms with Gasteiger partial charge in [-0.05, 0) is 54.1 Å². The highest BCUT2D eigenvalue weighted by atomic mass is 35.5. The number of carbonyl (C=O) groups excluding carboxylic acids is 1. The highest BCUT2D eigenvalue weighted by Gasteiger charge is 2.26. The van der Waals surface area contributed by atoms with Crippen molar-refractivity contribution in [3.05, 3.63) is 95.0 Å². The molecule has 1 heterocycles. The Hall–Kier alpha value is -3.10. The third-order valence-corrected chi connectivity index (χ3v) is 6.82. The molecule has 2 atom stereocenters. The summed E-state index contributed by atoms with van der Waals surface area (Å²) in [6, 6.07) is 24.6. The maximum Gasteiger partial charge on any atom is 0.251 e. The molecule has 0 spiro atoms. The molecule has 0 aromatic heterocycles. The fraction of sp³-hybridized carbons (Fsp3) is 0.345. The van der Waals surface area contributed by atoms with Crippen LogP contribution in [0.1, 0.15) is 22.0 Å². The number of amides is 1. The van der Waals surface area contributed by atoms with Gasteiger partial charge in [-0.25, -0.2) is 0 Å². The molecule has 3 aromatic carbocycles. The van der Waals surface area contributed by atoms with Gasteiger partial charge in [-0.15, -0.1) is 0 Å². The Morgan fingerprint density at radius 1 is 0.946 bits per heavy atom. The Kier molecular flexibility index (Phi) is 9.79. The number of rotatable bonds is 11. The van der Waals surface area contributed by atoms with Crippen molar-refractivity contribution in [1.82, 2.24) is 15.1 Å². The number of piperazine rings is 1. The van der Waals surface area contributed by atoms with Crippen molar-refractivity contribution < 1.29 is 19.4 Å². The number of aliphatic hydroxyl groups is 1. The van der Waals surface area contributed by atoms with Crippen LogP contribution >= 0.6 is 11.6 Å². The Labute approximate surface area is 223 Å². The van der Waals surface area contributed by atoms with Gasteiger partial charge in [0.1, 0.15) is 24.2 Å². The van der Waals surface area contributed by atoms with E-state index in [1.54, 1.807) is 55.6 Å². The summed E-state index contributed by atoms with van der Waals surface area (Å²) in [5.41, 5.74) is 1.77. The van der Waals surface area contributed by atoms with Crippen LogP contribution in [0.5, 0.6) is 11.5 Å². The van der Waals surface area contributed by atoms with Crippen LogP contribution in [-0.4, -0.2) is 79.9 Å². The van der Waals surface area contributed by atoms with Gasteiger partial charge in [0.15, 0.2) is 0 Å². The normalized spacial score (nSPS) is 16.1. The first kappa shape index (κ1) is 26.9. The molecule has 1 amide bonds. The number of carbonyl (C=O) groups is 1. The third kappa shape index (κ3) is 7.94. The molecular weight excluding hydrogens is 490 g/mol. The number of methoxy groups -OCH3 is 1. The van der Waals surface area contributed by atoms with Crippen molar-refractivity contribution in [2.75, 3.05) is 53.0 Å². The molecule has 0 radical (unpaired) electrons. The van der Waals surface area contributed by atoms with Crippen LogP contribution in [-0.2, 0) is 0 Å². The number of β-amino-alcohol motifs (C(OH)–C–C–N with tert-alkyl or cyclic N) is 1. The molecule has 7 nitrogen and oxygen atoms in total. The number of aliphatic hydroxyl groups excluding tert-OH is 1. The lowest BCUT2D eigenvalue weighted by atomic mass is 10.0. The largest absolute Gasteiger partial charge is 0.497 e. The van der Waals surface area contributed by atoms with E-state index >= 15 is 0 Å². The summed E-state index contributed by atoms with van der Waals surface area (Å²) in [6.45, 7) is 4.61. The fourth-order valence-corrected chi connectivity index (χ4v) is 4.62. The second kappa shape index (κ2) is 13.4. The van der Waals surface area contributed by atoms with Gasteiger partial charge in [0.2, 0.25) is 0 Å². The summed E-state index contributed by atoms with van der Waals surface area (Å²) < 4.78 is 10.9. The SMILES string of the molecule is COc1ccc(C(=O)NCC(c2ccccc2)N2CCN(CC(O)COc3ccc(Cl)cc3)CC2)cc1. The molecule has 1 fully saturated rings. The lowest BCUT2D eigenvalue weighted by Gasteiger charge is -2.40. The van der Waals surface area contributed by atoms with Crippen LogP contribution in [0.2, 0.25) is 5.02 Å². The van der Waals surface area contributed by atoms with Gasteiger partial charge in [0.25, 0.3) is 5.91 Å². The maximum absolute atomic E-state index is 12.8. The summed E-state index contributed by atoms with van der Waals surface area (Å²) in [5, 5.41) is 14.3. The lowest BCUT2D eigenvalue weighted by molar-refractivity contribution is 0.0358. The molecule has 196 valence electrons. The minimum atomic E-state index is -0.587. The molecule has 8 heteroatoms. The standard InChI is InChI=1S/C29H34ClN3O4/c1-36-26-11-7-23(8-12-26)29(35)31-19-28(22-5-3-2-4-6-22)33-17-15-32(16-18-33)20-25(34)21-37-27-13-9-24(30)10-14-27/h2-14,25,28,34H,15-21H2,1H3,(H,31,35). The predicted octanol–water partition coefficient (Wildman–Crippen LogP) is 3.88. The number of hydrogen-bond acceptors (Lipinski definition) is 6. The van der Waals surface area contributed by atoms with E-state index in [1.807, 2.05) is 18.2 Å². The Morgan fingerprint density at radius 3 is 2.24 bits per heavy atom. The van der Waals surface area contributed by atoms with Crippen molar-refractivity contribution >= 4 is 17.5 Å². The fourth-order valence-electron chi connectivity index (χ4n) is 4.50. The number of hydrogen-bond donors (Lipinski definition) is 2. The van der Waals surface area contributed by atoms with Crippen molar-refractivity contribution in [1.29, 1.82) is 0 Å². The first-order chi connectivity index (χ1) is 18.0. The maximum atomic E-state index is 12.8. The smallest absolute Gasteiger partial charge is 0.251 e. The van der Waals surface area contributed by atoms with E-state index < -0.39 is 6.10 Å². The molecule has 0 saturated carbocycles. The minimum Gasteiger partial charge on any atom is -0.497 e. The van der Waals surface area contributed by atoms with Crippen LogP contribution < -0.4 is 14.8 Å². The number of ether oxygens (including phenoxy) is 2. The molecule has 1 aliphatic rings. The van der Waals surface area contributed by atoms with Gasteiger partial charge < -0.3 is 19.9 Å². The van der Waals surface area contributed by atoms with E-state index in [2.05, 4.69) is 27.2 Å². The molecule has 2 N–H and O–H groups in total. The first-order valence-electron chi connectivity index (χ1n) is 12.5. The van der Waals surface area contributed by atoms with Crippen molar-refractivity contribution in [2.45, 2.75) is 12.1 Å². The summed E-state index contributed by atoms with van der Waals surface area (Å²) in [7, 11) is 1.61. The van der Waals surface area contributed by atoms with E-state index in [9.17, 15) is 9.90 Å². The van der Waals surface area contributed by atoms with Gasteiger partial charge in [0.05, 0.1) is 13.2 Å². The third-order valence-electron chi connectivity index (χ3n) is 6.57. The van der Waals surface area contributed by atoms with Crippen LogP contribution in [0.15, 0.2) is 78.9 Å². The van der Waals surface area contributed by atoms with Crippen LogP contribution in [0.4, 0.5) is 0 Å². The number of halogens is 1. The van der Waals surface area contributed by atoms with Gasteiger partial charge in [-0.2, -0.15) is 0 Å². The summed E-state index contributed by atoms with van der Waals surface area (Å²) in [5.74, 6) is 1.31. The number of benzene rings is 3. The van der Waals surface area contributed by atoms with Crippen molar-refractivity contribution in [2.24, 2.45) is 0 Å². The molecule has 1 aliphatic heterocycles. The second-order valence-corrected chi connectivity index (χ2v) is 9.56. The van der Waals surface area contributed by atoms with Crippen molar-refractivity contribution in [3.8, 4) is 11.5 Å². The molecular formula is C29H34ClN3O4. The van der Waals surface area contributed by atoms with Gasteiger partial charge in [-0.3, -0.25) is 14.6 Å². The average Bonchev–Trinajstić information content (AvgIpc) is 2.94. The van der Waals surface area contributed by atoms with E-state index in [1.165, 1.54) is 5.56 Å². The van der Waals surface area contributed by atoms with E-state index in [-0.39, 0.29) is 18.6 Å². The zero-order chi connectivity index (χ0) is 26.0. The second-order valence-electron chi connectivity index (χ2n) is 9.12. The quantitative estimate of drug-likeness (QED) is 0.397. The number of nitrogens with zero attached hydrogens (tertiary/aromatic N) is 2. The topological polar surface area (TPSA) is 74.3 Å². The van der Waals surface area contributed by atoms with E-state index in [4.69, 9.17) is 21.1 Å². The molecule has 0 bridgehead atoms. The molecule has 1 saturated heterocycles. The monoisotopic (exact) mass is 523 g/mol. The Balaban J connectivity index is 1.29. The van der Waals surface area contributed by atoms with Gasteiger partial charge in [0, 0.05) is 49.9 Å². The van der Waals surface area contributed by atoms with Crippen LogP contribution in [0.3, 0.4) is 0 Å². The summed E-state index contributed by atoms with van der Waals surface area (Å²) in [4.78, 5) is 17.4. The van der Waals surface area contributed by atoms with Gasteiger partial charge in [-0.1, -0.05) is 41.9 Å². The van der Waals surface area contributed by atoms with E-state index in [0.29, 0.717) is 29.4 Å². The highest BCUT2D eigenvalue weighted by Crippen LogP contribution is 2.22. The average molecular weight is 524 g/mol. The Bertz CT molecular complexity index is 1100. The predicted molar refractivity (Wildman–Crippen MR) is 145 cm³/mol. The zero-order valence-electron chi connectivity index (χ0n) is 21.1.